The van der Waals surface area contributed by atoms with Crippen LogP contribution >= 0.6 is 0 Å². The van der Waals surface area contributed by atoms with Crippen LogP contribution in [-0.4, -0.2) is 46.2 Å². The minimum absolute atomic E-state index is 0.204. The largest absolute Gasteiger partial charge is 0.395 e. The number of aliphatic hydroxyl groups is 1. The van der Waals surface area contributed by atoms with Crippen LogP contribution in [0.4, 0.5) is 0 Å². The van der Waals surface area contributed by atoms with E-state index in [9.17, 15) is 0 Å². The first-order valence-corrected chi connectivity index (χ1v) is 5.70. The molecule has 0 spiro atoms. The Morgan fingerprint density at radius 3 is 3.12 bits per heavy atom. The fraction of sp³-hybridized carbons (Fsp3) is 0.636. The number of hydrogen-bond donors (Lipinski definition) is 2. The molecule has 3 N–H and O–H groups in total. The first-order valence-electron chi connectivity index (χ1n) is 5.70. The van der Waals surface area contributed by atoms with Crippen LogP contribution in [-0.2, 0) is 19.4 Å². The second kappa shape index (κ2) is 5.34. The van der Waals surface area contributed by atoms with Gasteiger partial charge in [0.1, 0.15) is 5.82 Å². The van der Waals surface area contributed by atoms with E-state index in [-0.39, 0.29) is 6.61 Å². The number of aliphatic hydroxyl groups excluding tert-OH is 1. The van der Waals surface area contributed by atoms with Gasteiger partial charge in [-0.1, -0.05) is 0 Å². The van der Waals surface area contributed by atoms with Crippen LogP contribution in [0, 0.1) is 0 Å². The third-order valence-electron chi connectivity index (χ3n) is 2.86. The maximum atomic E-state index is 8.91. The minimum atomic E-state index is 0.204. The molecule has 1 aromatic rings. The van der Waals surface area contributed by atoms with Crippen molar-refractivity contribution in [2.45, 2.75) is 19.4 Å². The third-order valence-corrected chi connectivity index (χ3v) is 2.86. The first-order chi connectivity index (χ1) is 7.83. The highest BCUT2D eigenvalue weighted by atomic mass is 16.3. The fourth-order valence-corrected chi connectivity index (χ4v) is 1.98. The minimum Gasteiger partial charge on any atom is -0.395 e. The van der Waals surface area contributed by atoms with Gasteiger partial charge in [0.05, 0.1) is 12.3 Å². The summed E-state index contributed by atoms with van der Waals surface area (Å²) >= 11 is 0. The smallest absolute Gasteiger partial charge is 0.129 e. The van der Waals surface area contributed by atoms with Gasteiger partial charge in [0.2, 0.25) is 0 Å². The Labute approximate surface area is 95.3 Å². The van der Waals surface area contributed by atoms with E-state index in [0.717, 1.165) is 44.0 Å². The lowest BCUT2D eigenvalue weighted by Crippen LogP contribution is -2.33. The normalized spacial score (nSPS) is 16.1. The Kier molecular flexibility index (Phi) is 3.82. The molecule has 1 aliphatic rings. The Hall–Kier alpha value is -1.04. The molecule has 0 fully saturated rings. The van der Waals surface area contributed by atoms with Gasteiger partial charge in [0.15, 0.2) is 0 Å². The summed E-state index contributed by atoms with van der Waals surface area (Å²) in [5.41, 5.74) is 7.82. The van der Waals surface area contributed by atoms with Crippen LogP contribution in [0.5, 0.6) is 0 Å². The van der Waals surface area contributed by atoms with E-state index in [0.29, 0.717) is 6.54 Å². The van der Waals surface area contributed by atoms with E-state index in [1.807, 2.05) is 6.20 Å². The average Bonchev–Trinajstić information content (AvgIpc) is 2.29. The summed E-state index contributed by atoms with van der Waals surface area (Å²) in [5.74, 6) is 0.826. The molecule has 0 radical (unpaired) electrons. The maximum absolute atomic E-state index is 8.91. The molecular weight excluding hydrogens is 204 g/mol. The zero-order valence-corrected chi connectivity index (χ0v) is 9.39. The molecule has 5 heteroatoms. The average molecular weight is 222 g/mol. The molecule has 5 nitrogen and oxygen atoms in total. The lowest BCUT2D eigenvalue weighted by Gasteiger charge is -2.27. The molecule has 0 saturated heterocycles. The quantitative estimate of drug-likeness (QED) is 0.706. The van der Waals surface area contributed by atoms with Crippen LogP contribution < -0.4 is 5.73 Å². The zero-order valence-electron chi connectivity index (χ0n) is 9.39. The summed E-state index contributed by atoms with van der Waals surface area (Å²) in [5, 5.41) is 8.91. The van der Waals surface area contributed by atoms with Gasteiger partial charge in [-0.3, -0.25) is 4.90 Å². The van der Waals surface area contributed by atoms with Crippen molar-refractivity contribution in [2.75, 3.05) is 26.2 Å². The Morgan fingerprint density at radius 1 is 1.50 bits per heavy atom. The van der Waals surface area contributed by atoms with E-state index in [2.05, 4.69) is 14.9 Å². The molecule has 2 heterocycles. The molecule has 0 atom stereocenters. The first kappa shape index (κ1) is 11.4. The molecule has 0 bridgehead atoms. The number of β-amino-alcohol motifs (C(OH)–C–C–N with tert-alkyl or cyclic N) is 1. The Bertz CT molecular complexity index is 356. The number of rotatable bonds is 4. The highest BCUT2D eigenvalue weighted by molar-refractivity contribution is 5.20. The van der Waals surface area contributed by atoms with Gasteiger partial charge in [-0.15, -0.1) is 0 Å². The lowest BCUT2D eigenvalue weighted by molar-refractivity contribution is 0.182. The van der Waals surface area contributed by atoms with Gasteiger partial charge < -0.3 is 10.8 Å². The summed E-state index contributed by atoms with van der Waals surface area (Å²) in [4.78, 5) is 11.0. The Morgan fingerprint density at radius 2 is 2.38 bits per heavy atom. The van der Waals surface area contributed by atoms with Crippen LogP contribution in [0.3, 0.4) is 0 Å². The van der Waals surface area contributed by atoms with Crippen molar-refractivity contribution in [2.24, 2.45) is 5.73 Å². The van der Waals surface area contributed by atoms with Crippen molar-refractivity contribution in [3.63, 3.8) is 0 Å². The number of nitrogens with zero attached hydrogens (tertiary/aromatic N) is 3. The molecule has 0 amide bonds. The van der Waals surface area contributed by atoms with Crippen molar-refractivity contribution in [3.8, 4) is 0 Å². The van der Waals surface area contributed by atoms with Gasteiger partial charge in [-0.2, -0.15) is 0 Å². The van der Waals surface area contributed by atoms with Gasteiger partial charge in [0.25, 0.3) is 0 Å². The van der Waals surface area contributed by atoms with E-state index in [1.165, 1.54) is 5.56 Å². The second-order valence-electron chi connectivity index (χ2n) is 4.05. The molecule has 2 rings (SSSR count). The molecule has 16 heavy (non-hydrogen) atoms. The number of fused-ring (bicyclic) bond motifs is 1. The van der Waals surface area contributed by atoms with Crippen LogP contribution in [0.25, 0.3) is 0 Å². The Balaban J connectivity index is 2.12. The highest BCUT2D eigenvalue weighted by Crippen LogP contribution is 2.15. The van der Waals surface area contributed by atoms with E-state index >= 15 is 0 Å². The number of hydrogen-bond acceptors (Lipinski definition) is 5. The maximum Gasteiger partial charge on any atom is 0.129 e. The van der Waals surface area contributed by atoms with Gasteiger partial charge >= 0.3 is 0 Å². The van der Waals surface area contributed by atoms with Crippen molar-refractivity contribution < 1.29 is 5.11 Å². The fourth-order valence-electron chi connectivity index (χ4n) is 1.98. The monoisotopic (exact) mass is 222 g/mol. The molecule has 1 aliphatic heterocycles. The predicted octanol–water partition coefficient (Wildman–Crippen LogP) is -0.672. The van der Waals surface area contributed by atoms with Crippen LogP contribution in [0.1, 0.15) is 17.1 Å². The zero-order chi connectivity index (χ0) is 11.4. The standard InChI is InChI=1S/C11H18N4O/c12-3-1-11-13-7-9-2-4-15(5-6-16)8-10(9)14-11/h7,16H,1-6,8,12H2. The molecule has 0 aromatic carbocycles. The molecular formula is C11H18N4O. The van der Waals surface area contributed by atoms with Gasteiger partial charge in [0, 0.05) is 32.3 Å². The highest BCUT2D eigenvalue weighted by Gasteiger charge is 2.17. The topological polar surface area (TPSA) is 75.3 Å². The second-order valence-corrected chi connectivity index (χ2v) is 4.05. The number of nitrogens with two attached hydrogens (primary N) is 1. The van der Waals surface area contributed by atoms with Crippen LogP contribution in [0.15, 0.2) is 6.20 Å². The molecule has 0 aliphatic carbocycles. The summed E-state index contributed by atoms with van der Waals surface area (Å²) in [7, 11) is 0. The van der Waals surface area contributed by atoms with Crippen molar-refractivity contribution in [1.82, 2.24) is 14.9 Å². The van der Waals surface area contributed by atoms with E-state index < -0.39 is 0 Å². The predicted molar refractivity (Wildman–Crippen MR) is 60.9 cm³/mol. The van der Waals surface area contributed by atoms with Gasteiger partial charge in [-0.25, -0.2) is 9.97 Å². The molecule has 1 aromatic heterocycles. The lowest BCUT2D eigenvalue weighted by atomic mass is 10.1. The molecule has 0 saturated carbocycles. The summed E-state index contributed by atoms with van der Waals surface area (Å²) in [6, 6.07) is 0. The summed E-state index contributed by atoms with van der Waals surface area (Å²) in [6.45, 7) is 3.30. The van der Waals surface area contributed by atoms with Crippen molar-refractivity contribution in [1.29, 1.82) is 0 Å². The van der Waals surface area contributed by atoms with Crippen molar-refractivity contribution in [3.05, 3.63) is 23.3 Å². The third kappa shape index (κ3) is 2.55. The molecule has 88 valence electrons. The molecule has 0 unspecified atom stereocenters. The van der Waals surface area contributed by atoms with Gasteiger partial charge in [-0.05, 0) is 18.5 Å². The van der Waals surface area contributed by atoms with E-state index in [4.69, 9.17) is 10.8 Å². The summed E-state index contributed by atoms with van der Waals surface area (Å²) < 4.78 is 0. The SMILES string of the molecule is NCCc1ncc2c(n1)CN(CCO)CC2. The summed E-state index contributed by atoms with van der Waals surface area (Å²) in [6.07, 6.45) is 3.62. The van der Waals surface area contributed by atoms with Crippen LogP contribution in [0.2, 0.25) is 0 Å². The van der Waals surface area contributed by atoms with Crippen molar-refractivity contribution >= 4 is 0 Å². The number of aromatic nitrogens is 2. The van der Waals surface area contributed by atoms with E-state index in [1.54, 1.807) is 0 Å².